The van der Waals surface area contributed by atoms with E-state index < -0.39 is 0 Å². The fourth-order valence-electron chi connectivity index (χ4n) is 4.66. The second-order valence-electron chi connectivity index (χ2n) is 8.65. The zero-order valence-corrected chi connectivity index (χ0v) is 20.1. The molecule has 2 aromatic carbocycles. The van der Waals surface area contributed by atoms with Crippen molar-refractivity contribution in [3.8, 4) is 23.0 Å². The predicted molar refractivity (Wildman–Crippen MR) is 135 cm³/mol. The molecule has 2 aromatic heterocycles. The maximum Gasteiger partial charge on any atom is 0.257 e. The number of anilines is 1. The van der Waals surface area contributed by atoms with Crippen LogP contribution < -0.4 is 4.90 Å². The third-order valence-electron chi connectivity index (χ3n) is 6.60. The molecule has 0 aliphatic carbocycles. The van der Waals surface area contributed by atoms with Crippen LogP contribution in [0.3, 0.4) is 0 Å². The van der Waals surface area contributed by atoms with E-state index in [1.54, 1.807) is 28.7 Å². The average Bonchev–Trinajstić information content (AvgIpc) is 3.29. The fourth-order valence-corrected chi connectivity index (χ4v) is 5.67. The van der Waals surface area contributed by atoms with Gasteiger partial charge < -0.3 is 14.9 Å². The fraction of sp³-hybridized carbons (Fsp3) is 0.231. The molecule has 6 rings (SSSR count). The Morgan fingerprint density at radius 2 is 1.77 bits per heavy atom. The smallest absolute Gasteiger partial charge is 0.257 e. The molecule has 0 bridgehead atoms. The number of aromatic nitrogens is 4. The maximum absolute atomic E-state index is 13.3. The number of hydrogen-bond donors (Lipinski definition) is 1. The summed E-state index contributed by atoms with van der Waals surface area (Å²) < 4.78 is 1.65. The SMILES string of the molecule is Cc1c(C(=O)N2CCN(c3ccccc3O)CC2)cnn1-c1ncc2c(n1)-c1ccccc1SC2. The zero-order chi connectivity index (χ0) is 23.9. The van der Waals surface area contributed by atoms with Crippen molar-refractivity contribution in [2.75, 3.05) is 31.1 Å². The van der Waals surface area contributed by atoms with E-state index in [1.807, 2.05) is 48.4 Å². The number of amides is 1. The van der Waals surface area contributed by atoms with Gasteiger partial charge in [-0.2, -0.15) is 5.10 Å². The number of carbonyl (C=O) groups excluding carboxylic acids is 1. The van der Waals surface area contributed by atoms with Gasteiger partial charge >= 0.3 is 0 Å². The Bertz CT molecular complexity index is 1430. The molecule has 9 heteroatoms. The molecule has 8 nitrogen and oxygen atoms in total. The predicted octanol–water partition coefficient (Wildman–Crippen LogP) is 3.91. The van der Waals surface area contributed by atoms with Crippen molar-refractivity contribution in [1.29, 1.82) is 0 Å². The normalized spacial score (nSPS) is 15.0. The summed E-state index contributed by atoms with van der Waals surface area (Å²) in [5.74, 6) is 1.51. The lowest BCUT2D eigenvalue weighted by molar-refractivity contribution is 0.0746. The molecule has 4 aromatic rings. The van der Waals surface area contributed by atoms with E-state index in [0.717, 1.165) is 34.0 Å². The van der Waals surface area contributed by atoms with Crippen LogP contribution in [0.1, 0.15) is 21.6 Å². The van der Waals surface area contributed by atoms with E-state index in [-0.39, 0.29) is 11.7 Å². The first-order valence-corrected chi connectivity index (χ1v) is 12.5. The molecule has 0 unspecified atom stereocenters. The molecule has 0 saturated carbocycles. The molecule has 1 fully saturated rings. The second kappa shape index (κ2) is 8.74. The summed E-state index contributed by atoms with van der Waals surface area (Å²) in [6.07, 6.45) is 3.47. The molecular weight excluding hydrogens is 460 g/mol. The largest absolute Gasteiger partial charge is 0.506 e. The number of phenols is 1. The Labute approximate surface area is 207 Å². The van der Waals surface area contributed by atoms with Crippen molar-refractivity contribution in [3.05, 3.63) is 77.7 Å². The summed E-state index contributed by atoms with van der Waals surface area (Å²) in [6.45, 7) is 4.33. The summed E-state index contributed by atoms with van der Waals surface area (Å²) in [5.41, 5.74) is 5.20. The highest BCUT2D eigenvalue weighted by Crippen LogP contribution is 2.40. The number of carbonyl (C=O) groups is 1. The lowest BCUT2D eigenvalue weighted by atomic mass is 10.1. The molecule has 0 radical (unpaired) electrons. The number of nitrogens with zero attached hydrogens (tertiary/aromatic N) is 6. The minimum absolute atomic E-state index is 0.0506. The second-order valence-corrected chi connectivity index (χ2v) is 9.67. The molecule has 35 heavy (non-hydrogen) atoms. The Kier molecular flexibility index (Phi) is 5.41. The standard InChI is InChI=1S/C26H24N6O2S/c1-17-20(25(34)31-12-10-30(11-13-31)21-7-3-4-8-22(21)33)15-28-32(17)26-27-14-18-16-35-23-9-5-2-6-19(23)24(18)29-26/h2-9,14-15,33H,10-13,16H2,1H3. The third-order valence-corrected chi connectivity index (χ3v) is 7.72. The highest BCUT2D eigenvalue weighted by molar-refractivity contribution is 7.98. The minimum Gasteiger partial charge on any atom is -0.506 e. The minimum atomic E-state index is -0.0506. The Morgan fingerprint density at radius 3 is 2.60 bits per heavy atom. The van der Waals surface area contributed by atoms with Gasteiger partial charge in [-0.15, -0.1) is 11.8 Å². The number of hydrogen-bond acceptors (Lipinski definition) is 7. The first-order valence-electron chi connectivity index (χ1n) is 11.6. The Balaban J connectivity index is 1.23. The van der Waals surface area contributed by atoms with Gasteiger partial charge in [0, 0.05) is 54.2 Å². The molecule has 176 valence electrons. The highest BCUT2D eigenvalue weighted by Gasteiger charge is 2.27. The van der Waals surface area contributed by atoms with Crippen molar-refractivity contribution < 1.29 is 9.90 Å². The molecule has 4 heterocycles. The van der Waals surface area contributed by atoms with E-state index in [2.05, 4.69) is 27.1 Å². The lowest BCUT2D eigenvalue weighted by Gasteiger charge is -2.36. The number of fused-ring (bicyclic) bond motifs is 3. The van der Waals surface area contributed by atoms with Gasteiger partial charge in [0.1, 0.15) is 5.75 Å². The lowest BCUT2D eigenvalue weighted by Crippen LogP contribution is -2.48. The first kappa shape index (κ1) is 21.7. The molecule has 0 spiro atoms. The van der Waals surface area contributed by atoms with Gasteiger partial charge in [-0.1, -0.05) is 30.3 Å². The molecule has 1 amide bonds. The van der Waals surface area contributed by atoms with Crippen LogP contribution in [-0.4, -0.2) is 61.8 Å². The van der Waals surface area contributed by atoms with Crippen LogP contribution in [0.4, 0.5) is 5.69 Å². The number of phenolic OH excluding ortho intramolecular Hbond substituents is 1. The first-order chi connectivity index (χ1) is 17.1. The van der Waals surface area contributed by atoms with Gasteiger partial charge in [0.2, 0.25) is 0 Å². The number of aromatic hydroxyl groups is 1. The maximum atomic E-state index is 13.3. The molecule has 1 N–H and O–H groups in total. The number of benzene rings is 2. The summed E-state index contributed by atoms with van der Waals surface area (Å²) >= 11 is 1.79. The summed E-state index contributed by atoms with van der Waals surface area (Å²) in [6, 6.07) is 15.5. The van der Waals surface area contributed by atoms with Crippen molar-refractivity contribution in [1.82, 2.24) is 24.6 Å². The van der Waals surface area contributed by atoms with Gasteiger partial charge in [-0.3, -0.25) is 4.79 Å². The van der Waals surface area contributed by atoms with Gasteiger partial charge in [-0.05, 0) is 25.1 Å². The van der Waals surface area contributed by atoms with Crippen LogP contribution in [0.5, 0.6) is 5.75 Å². The Hall–Kier alpha value is -3.85. The molecular formula is C26H24N6O2S. The van der Waals surface area contributed by atoms with Gasteiger partial charge in [-0.25, -0.2) is 14.6 Å². The highest BCUT2D eigenvalue weighted by atomic mass is 32.2. The number of piperazine rings is 1. The summed E-state index contributed by atoms with van der Waals surface area (Å²) in [7, 11) is 0. The average molecular weight is 485 g/mol. The number of thioether (sulfide) groups is 1. The van der Waals surface area contributed by atoms with Crippen LogP contribution in [0.25, 0.3) is 17.2 Å². The van der Waals surface area contributed by atoms with E-state index in [9.17, 15) is 9.90 Å². The van der Waals surface area contributed by atoms with E-state index in [0.29, 0.717) is 37.7 Å². The quantitative estimate of drug-likeness (QED) is 0.472. The van der Waals surface area contributed by atoms with E-state index >= 15 is 0 Å². The number of rotatable bonds is 3. The van der Waals surface area contributed by atoms with Crippen LogP contribution in [0, 0.1) is 6.92 Å². The molecule has 2 aliphatic rings. The van der Waals surface area contributed by atoms with Gasteiger partial charge in [0.25, 0.3) is 11.9 Å². The Morgan fingerprint density at radius 1 is 1.00 bits per heavy atom. The number of para-hydroxylation sites is 2. The van der Waals surface area contributed by atoms with Crippen molar-refractivity contribution in [2.45, 2.75) is 17.6 Å². The zero-order valence-electron chi connectivity index (χ0n) is 19.3. The topological polar surface area (TPSA) is 87.4 Å². The molecule has 2 aliphatic heterocycles. The molecule has 0 atom stereocenters. The van der Waals surface area contributed by atoms with Crippen molar-refractivity contribution >= 4 is 23.4 Å². The van der Waals surface area contributed by atoms with E-state index in [1.165, 1.54) is 4.90 Å². The van der Waals surface area contributed by atoms with Gasteiger partial charge in [0.15, 0.2) is 0 Å². The van der Waals surface area contributed by atoms with Gasteiger partial charge in [0.05, 0.1) is 28.8 Å². The van der Waals surface area contributed by atoms with E-state index in [4.69, 9.17) is 4.98 Å². The van der Waals surface area contributed by atoms with Crippen molar-refractivity contribution in [3.63, 3.8) is 0 Å². The van der Waals surface area contributed by atoms with Crippen LogP contribution in [-0.2, 0) is 5.75 Å². The summed E-state index contributed by atoms with van der Waals surface area (Å²) in [5, 5.41) is 14.6. The third kappa shape index (κ3) is 3.81. The van der Waals surface area contributed by atoms with Crippen molar-refractivity contribution in [2.24, 2.45) is 0 Å². The molecule has 1 saturated heterocycles. The van der Waals surface area contributed by atoms with Crippen LogP contribution in [0.15, 0.2) is 65.8 Å². The van der Waals surface area contributed by atoms with Crippen LogP contribution in [0.2, 0.25) is 0 Å². The monoisotopic (exact) mass is 484 g/mol. The van der Waals surface area contributed by atoms with Crippen LogP contribution >= 0.6 is 11.8 Å². The summed E-state index contributed by atoms with van der Waals surface area (Å²) in [4.78, 5) is 27.9.